The molecule has 0 amide bonds. The monoisotopic (exact) mass is 406 g/mol. The van der Waals surface area contributed by atoms with Gasteiger partial charge >= 0.3 is 0 Å². The van der Waals surface area contributed by atoms with Crippen LogP contribution in [-0.2, 0) is 0 Å². The first kappa shape index (κ1) is 18.7. The first-order chi connectivity index (χ1) is 14.6. The first-order valence-electron chi connectivity index (χ1n) is 10.1. The molecule has 9 heteroatoms. The number of nitrogens with one attached hydrogen (secondary N) is 2. The molecule has 0 radical (unpaired) electrons. The fraction of sp³-hybridized carbons (Fsp3) is 0.333. The summed E-state index contributed by atoms with van der Waals surface area (Å²) in [7, 11) is 0. The first-order valence-corrected chi connectivity index (χ1v) is 10.1. The highest BCUT2D eigenvalue weighted by Gasteiger charge is 2.15. The Morgan fingerprint density at radius 1 is 1.07 bits per heavy atom. The average Bonchev–Trinajstić information content (AvgIpc) is 3.21. The minimum absolute atomic E-state index is 0.107. The molecule has 0 atom stereocenters. The summed E-state index contributed by atoms with van der Waals surface area (Å²) in [6.45, 7) is 7.66. The van der Waals surface area contributed by atoms with Gasteiger partial charge in [0, 0.05) is 55.7 Å². The lowest BCUT2D eigenvalue weighted by atomic mass is 10.1. The van der Waals surface area contributed by atoms with E-state index in [1.165, 1.54) is 6.07 Å². The Hall–Kier alpha value is -3.33. The minimum atomic E-state index is -0.432. The molecule has 0 unspecified atom stereocenters. The molecule has 1 aliphatic heterocycles. The lowest BCUT2D eigenvalue weighted by Gasteiger charge is -2.29. The quantitative estimate of drug-likeness (QED) is 0.539. The minimum Gasteiger partial charge on any atom is -0.368 e. The summed E-state index contributed by atoms with van der Waals surface area (Å²) in [6, 6.07) is 5.39. The van der Waals surface area contributed by atoms with Crippen LogP contribution in [0.1, 0.15) is 25.5 Å². The number of nitrogens with zero attached hydrogens (tertiary/aromatic N) is 6. The van der Waals surface area contributed by atoms with Gasteiger partial charge < -0.3 is 15.5 Å². The molecule has 30 heavy (non-hydrogen) atoms. The van der Waals surface area contributed by atoms with Crippen molar-refractivity contribution in [1.82, 2.24) is 29.7 Å². The predicted octanol–water partition coefficient (Wildman–Crippen LogP) is 3.09. The number of piperazine rings is 1. The summed E-state index contributed by atoms with van der Waals surface area (Å²) in [5.74, 6) is 0.252. The summed E-state index contributed by atoms with van der Waals surface area (Å²) >= 11 is 0. The Bertz CT molecular complexity index is 1210. The molecule has 0 saturated carbocycles. The maximum Gasteiger partial charge on any atom is 0.230 e. The highest BCUT2D eigenvalue weighted by Crippen LogP contribution is 2.24. The highest BCUT2D eigenvalue weighted by atomic mass is 19.1. The molecule has 5 rings (SSSR count). The van der Waals surface area contributed by atoms with E-state index in [1.807, 2.05) is 22.7 Å². The van der Waals surface area contributed by atoms with Gasteiger partial charge in [-0.05, 0) is 18.1 Å². The summed E-state index contributed by atoms with van der Waals surface area (Å²) < 4.78 is 16.8. The fourth-order valence-electron chi connectivity index (χ4n) is 3.76. The van der Waals surface area contributed by atoms with Crippen molar-refractivity contribution in [2.24, 2.45) is 0 Å². The summed E-state index contributed by atoms with van der Waals surface area (Å²) in [6.07, 6.45) is 5.27. The van der Waals surface area contributed by atoms with Crippen molar-refractivity contribution in [3.05, 3.63) is 48.3 Å². The third kappa shape index (κ3) is 3.30. The molecule has 4 aromatic rings. The molecule has 2 N–H and O–H groups in total. The normalized spacial score (nSPS) is 14.7. The number of rotatable bonds is 4. The van der Waals surface area contributed by atoms with Gasteiger partial charge in [0.25, 0.3) is 0 Å². The third-order valence-corrected chi connectivity index (χ3v) is 5.37. The van der Waals surface area contributed by atoms with E-state index in [-0.39, 0.29) is 11.7 Å². The largest absolute Gasteiger partial charge is 0.368 e. The molecule has 0 aromatic carbocycles. The summed E-state index contributed by atoms with van der Waals surface area (Å²) in [5.41, 5.74) is 3.38. The second-order valence-electron chi connectivity index (χ2n) is 7.72. The number of fused-ring (bicyclic) bond motifs is 3. The standard InChI is InChI=1S/C21H23FN8/c1-13(2)17-12-24-18-4-3-14-10-26-21(28-20(14)30(17)18)27-19-16(22)9-15(11-25-19)29-7-5-23-6-8-29/h3-4,9-13,23H,5-8H2,1-2H3,(H,25,26,27,28). The number of hydrogen-bond donors (Lipinski definition) is 2. The average molecular weight is 406 g/mol. The lowest BCUT2D eigenvalue weighted by Crippen LogP contribution is -2.43. The molecule has 8 nitrogen and oxygen atoms in total. The summed E-state index contributed by atoms with van der Waals surface area (Å²) in [4.78, 5) is 19.9. The highest BCUT2D eigenvalue weighted by molar-refractivity contribution is 5.79. The van der Waals surface area contributed by atoms with Gasteiger partial charge in [-0.15, -0.1) is 0 Å². The molecule has 0 bridgehead atoms. The maximum atomic E-state index is 14.7. The molecule has 4 aromatic heterocycles. The number of pyridine rings is 2. The molecule has 0 spiro atoms. The van der Waals surface area contributed by atoms with Crippen molar-refractivity contribution < 1.29 is 4.39 Å². The van der Waals surface area contributed by atoms with Gasteiger partial charge in [-0.1, -0.05) is 13.8 Å². The smallest absolute Gasteiger partial charge is 0.230 e. The number of anilines is 3. The second kappa shape index (κ2) is 7.49. The molecule has 1 fully saturated rings. The Morgan fingerprint density at radius 3 is 2.67 bits per heavy atom. The van der Waals surface area contributed by atoms with Gasteiger partial charge in [0.2, 0.25) is 5.95 Å². The van der Waals surface area contributed by atoms with Crippen molar-refractivity contribution in [1.29, 1.82) is 0 Å². The topological polar surface area (TPSA) is 83.3 Å². The van der Waals surface area contributed by atoms with E-state index in [4.69, 9.17) is 0 Å². The molecule has 1 saturated heterocycles. The Labute approximate surface area is 173 Å². The van der Waals surface area contributed by atoms with Crippen LogP contribution in [0.3, 0.4) is 0 Å². The fourth-order valence-corrected chi connectivity index (χ4v) is 3.76. The molecule has 0 aliphatic carbocycles. The lowest BCUT2D eigenvalue weighted by molar-refractivity contribution is 0.583. The van der Waals surface area contributed by atoms with E-state index in [2.05, 4.69) is 49.3 Å². The second-order valence-corrected chi connectivity index (χ2v) is 7.72. The van der Waals surface area contributed by atoms with Crippen molar-refractivity contribution in [2.75, 3.05) is 36.4 Å². The van der Waals surface area contributed by atoms with Gasteiger partial charge in [0.15, 0.2) is 17.3 Å². The van der Waals surface area contributed by atoms with E-state index in [0.717, 1.165) is 54.2 Å². The summed E-state index contributed by atoms with van der Waals surface area (Å²) in [5, 5.41) is 7.10. The van der Waals surface area contributed by atoms with Crippen LogP contribution in [0.5, 0.6) is 0 Å². The third-order valence-electron chi connectivity index (χ3n) is 5.37. The van der Waals surface area contributed by atoms with Crippen LogP contribution in [0, 0.1) is 5.82 Å². The molecular weight excluding hydrogens is 383 g/mol. The zero-order valence-electron chi connectivity index (χ0n) is 16.9. The Balaban J connectivity index is 1.49. The van der Waals surface area contributed by atoms with Crippen LogP contribution in [-0.4, -0.2) is 50.5 Å². The van der Waals surface area contributed by atoms with Gasteiger partial charge in [0.1, 0.15) is 5.65 Å². The van der Waals surface area contributed by atoms with Crippen LogP contribution in [0.25, 0.3) is 16.7 Å². The number of imidazole rings is 1. The van der Waals surface area contributed by atoms with Crippen LogP contribution in [0.15, 0.2) is 36.8 Å². The number of hydrogen-bond acceptors (Lipinski definition) is 7. The molecule has 154 valence electrons. The van der Waals surface area contributed by atoms with Crippen LogP contribution in [0.4, 0.5) is 21.8 Å². The SMILES string of the molecule is CC(C)c1cnc2ccc3cnc(Nc4ncc(N5CCNCC5)cc4F)nc3n12. The van der Waals surface area contributed by atoms with Crippen molar-refractivity contribution in [3.8, 4) is 0 Å². The Morgan fingerprint density at radius 2 is 1.90 bits per heavy atom. The number of halogens is 1. The van der Waals surface area contributed by atoms with Crippen molar-refractivity contribution in [2.45, 2.75) is 19.8 Å². The zero-order valence-corrected chi connectivity index (χ0v) is 16.9. The van der Waals surface area contributed by atoms with Gasteiger partial charge in [-0.3, -0.25) is 4.40 Å². The predicted molar refractivity (Wildman–Crippen MR) is 115 cm³/mol. The van der Waals surface area contributed by atoms with Crippen molar-refractivity contribution in [3.63, 3.8) is 0 Å². The van der Waals surface area contributed by atoms with Gasteiger partial charge in [-0.2, -0.15) is 4.98 Å². The van der Waals surface area contributed by atoms with E-state index < -0.39 is 5.82 Å². The van der Waals surface area contributed by atoms with Crippen LogP contribution < -0.4 is 15.5 Å². The molecule has 5 heterocycles. The Kier molecular flexibility index (Phi) is 4.66. The molecular formula is C21H23FN8. The maximum absolute atomic E-state index is 14.7. The molecule has 1 aliphatic rings. The number of aromatic nitrogens is 5. The van der Waals surface area contributed by atoms with Gasteiger partial charge in [-0.25, -0.2) is 19.3 Å². The van der Waals surface area contributed by atoms with E-state index in [1.54, 1.807) is 12.4 Å². The van der Waals surface area contributed by atoms with E-state index >= 15 is 0 Å². The van der Waals surface area contributed by atoms with Crippen LogP contribution >= 0.6 is 0 Å². The van der Waals surface area contributed by atoms with Crippen LogP contribution in [0.2, 0.25) is 0 Å². The van der Waals surface area contributed by atoms with E-state index in [0.29, 0.717) is 5.95 Å². The van der Waals surface area contributed by atoms with Crippen molar-refractivity contribution >= 4 is 34.1 Å². The zero-order chi connectivity index (χ0) is 20.7. The van der Waals surface area contributed by atoms with Gasteiger partial charge in [0.05, 0.1) is 11.9 Å². The van der Waals surface area contributed by atoms with E-state index in [9.17, 15) is 4.39 Å².